The van der Waals surface area contributed by atoms with Gasteiger partial charge in [-0.3, -0.25) is 9.48 Å². The van der Waals surface area contributed by atoms with Crippen molar-refractivity contribution in [2.75, 3.05) is 20.8 Å². The molecule has 4 rings (SSSR count). The van der Waals surface area contributed by atoms with Crippen molar-refractivity contribution >= 4 is 5.91 Å². The van der Waals surface area contributed by atoms with Gasteiger partial charge in [0, 0.05) is 19.6 Å². The van der Waals surface area contributed by atoms with Crippen LogP contribution in [0.3, 0.4) is 0 Å². The van der Waals surface area contributed by atoms with E-state index < -0.39 is 0 Å². The lowest BCUT2D eigenvalue weighted by molar-refractivity contribution is 0.0728. The van der Waals surface area contributed by atoms with Gasteiger partial charge in [-0.05, 0) is 48.1 Å². The molecule has 3 aromatic rings. The van der Waals surface area contributed by atoms with E-state index in [0.29, 0.717) is 24.5 Å². The number of hydrogen-bond acceptors (Lipinski definition) is 5. The zero-order valence-electron chi connectivity index (χ0n) is 17.4. The average molecular weight is 406 g/mol. The predicted molar refractivity (Wildman–Crippen MR) is 113 cm³/mol. The molecule has 2 heterocycles. The summed E-state index contributed by atoms with van der Waals surface area (Å²) in [5.41, 5.74) is 3.94. The zero-order valence-corrected chi connectivity index (χ0v) is 17.4. The van der Waals surface area contributed by atoms with E-state index in [1.807, 2.05) is 35.2 Å². The molecule has 156 valence electrons. The van der Waals surface area contributed by atoms with Gasteiger partial charge in [0.15, 0.2) is 17.2 Å². The van der Waals surface area contributed by atoms with Crippen molar-refractivity contribution in [1.82, 2.24) is 19.9 Å². The average Bonchev–Trinajstić information content (AvgIpc) is 3.26. The molecule has 0 bridgehead atoms. The summed E-state index contributed by atoms with van der Waals surface area (Å²) < 4.78 is 12.5. The molecule has 1 amide bonds. The van der Waals surface area contributed by atoms with Crippen LogP contribution in [0.1, 0.15) is 33.6 Å². The number of aromatic nitrogens is 3. The number of methoxy groups -OCH3 is 2. The van der Waals surface area contributed by atoms with Crippen LogP contribution in [0.2, 0.25) is 0 Å². The van der Waals surface area contributed by atoms with Crippen LogP contribution in [0.15, 0.2) is 48.7 Å². The van der Waals surface area contributed by atoms with E-state index in [2.05, 4.69) is 22.4 Å². The molecule has 0 N–H and O–H groups in total. The Morgan fingerprint density at radius 2 is 1.80 bits per heavy atom. The summed E-state index contributed by atoms with van der Waals surface area (Å²) in [5.74, 6) is 1.30. The smallest absolute Gasteiger partial charge is 0.276 e. The van der Waals surface area contributed by atoms with Gasteiger partial charge in [-0.2, -0.15) is 0 Å². The van der Waals surface area contributed by atoms with Crippen molar-refractivity contribution in [2.24, 2.45) is 0 Å². The summed E-state index contributed by atoms with van der Waals surface area (Å²) in [4.78, 5) is 14.8. The second-order valence-corrected chi connectivity index (χ2v) is 7.41. The van der Waals surface area contributed by atoms with E-state index in [-0.39, 0.29) is 5.91 Å². The van der Waals surface area contributed by atoms with Crippen LogP contribution in [0.25, 0.3) is 0 Å². The molecular formula is C23H26N4O3. The molecule has 0 saturated carbocycles. The number of amides is 1. The fourth-order valence-corrected chi connectivity index (χ4v) is 3.81. The topological polar surface area (TPSA) is 69.5 Å². The Hall–Kier alpha value is -3.35. The number of ether oxygens (including phenoxy) is 2. The zero-order chi connectivity index (χ0) is 20.9. The van der Waals surface area contributed by atoms with Gasteiger partial charge in [-0.25, -0.2) is 0 Å². The second-order valence-electron chi connectivity index (χ2n) is 7.41. The second kappa shape index (κ2) is 8.98. The molecule has 30 heavy (non-hydrogen) atoms. The minimum Gasteiger partial charge on any atom is -0.493 e. The predicted octanol–water partition coefficient (Wildman–Crippen LogP) is 3.13. The van der Waals surface area contributed by atoms with Crippen molar-refractivity contribution in [3.8, 4) is 11.5 Å². The molecular weight excluding hydrogens is 380 g/mol. The molecule has 0 aliphatic carbocycles. The summed E-state index contributed by atoms with van der Waals surface area (Å²) in [7, 11) is 3.25. The van der Waals surface area contributed by atoms with Crippen LogP contribution >= 0.6 is 0 Å². The van der Waals surface area contributed by atoms with E-state index in [1.54, 1.807) is 25.1 Å². The third-order valence-corrected chi connectivity index (χ3v) is 5.46. The Morgan fingerprint density at radius 1 is 1.07 bits per heavy atom. The Kier molecular flexibility index (Phi) is 5.97. The first-order chi connectivity index (χ1) is 14.7. The maximum absolute atomic E-state index is 12.9. The Labute approximate surface area is 176 Å². The van der Waals surface area contributed by atoms with Gasteiger partial charge in [0.05, 0.1) is 20.4 Å². The molecule has 2 aromatic carbocycles. The Bertz CT molecular complexity index is 1020. The highest BCUT2D eigenvalue weighted by molar-refractivity contribution is 5.92. The molecule has 1 aliphatic heterocycles. The minimum atomic E-state index is -0.0928. The van der Waals surface area contributed by atoms with Gasteiger partial charge in [0.2, 0.25) is 0 Å². The minimum absolute atomic E-state index is 0.0928. The first-order valence-corrected chi connectivity index (χ1v) is 10.1. The van der Waals surface area contributed by atoms with Crippen LogP contribution < -0.4 is 9.47 Å². The van der Waals surface area contributed by atoms with E-state index in [1.165, 1.54) is 11.1 Å². The Morgan fingerprint density at radius 3 is 2.53 bits per heavy atom. The van der Waals surface area contributed by atoms with Gasteiger partial charge >= 0.3 is 0 Å². The van der Waals surface area contributed by atoms with E-state index in [0.717, 1.165) is 37.1 Å². The van der Waals surface area contributed by atoms with Crippen molar-refractivity contribution in [2.45, 2.75) is 32.4 Å². The number of rotatable bonds is 7. The molecule has 7 heteroatoms. The summed E-state index contributed by atoms with van der Waals surface area (Å²) in [6, 6.07) is 14.3. The fourth-order valence-electron chi connectivity index (χ4n) is 3.81. The summed E-state index contributed by atoms with van der Waals surface area (Å²) >= 11 is 0. The lowest BCUT2D eigenvalue weighted by Crippen LogP contribution is -2.36. The maximum Gasteiger partial charge on any atom is 0.276 e. The standard InChI is InChI=1S/C23H26N4O3/c1-29-21-13-18-10-12-26(15-19(18)14-22(21)30-2)23(28)20-16-27(25-24-20)11-6-9-17-7-4-3-5-8-17/h3-5,7-8,13-14,16H,6,9-12,15H2,1-2H3. The fraction of sp³-hybridized carbons (Fsp3) is 0.348. The molecule has 0 saturated heterocycles. The van der Waals surface area contributed by atoms with Gasteiger partial charge in [-0.15, -0.1) is 5.10 Å². The molecule has 0 unspecified atom stereocenters. The van der Waals surface area contributed by atoms with Gasteiger partial charge in [0.1, 0.15) is 0 Å². The molecule has 0 radical (unpaired) electrons. The normalized spacial score (nSPS) is 13.1. The van der Waals surface area contributed by atoms with Crippen LogP contribution in [0.5, 0.6) is 11.5 Å². The number of aryl methyl sites for hydroxylation is 2. The van der Waals surface area contributed by atoms with Gasteiger partial charge < -0.3 is 14.4 Å². The largest absolute Gasteiger partial charge is 0.493 e. The highest BCUT2D eigenvalue weighted by atomic mass is 16.5. The molecule has 1 aliphatic rings. The van der Waals surface area contributed by atoms with Gasteiger partial charge in [-0.1, -0.05) is 35.5 Å². The molecule has 0 fully saturated rings. The van der Waals surface area contributed by atoms with Crippen LogP contribution in [0.4, 0.5) is 0 Å². The lowest BCUT2D eigenvalue weighted by Gasteiger charge is -2.29. The lowest BCUT2D eigenvalue weighted by atomic mass is 9.98. The number of nitrogens with zero attached hydrogens (tertiary/aromatic N) is 4. The highest BCUT2D eigenvalue weighted by Crippen LogP contribution is 2.33. The quantitative estimate of drug-likeness (QED) is 0.603. The third-order valence-electron chi connectivity index (χ3n) is 5.46. The summed E-state index contributed by atoms with van der Waals surface area (Å²) in [6.07, 6.45) is 4.43. The number of benzene rings is 2. The molecule has 1 aromatic heterocycles. The third kappa shape index (κ3) is 4.30. The van der Waals surface area contributed by atoms with Crippen molar-refractivity contribution in [1.29, 1.82) is 0 Å². The summed E-state index contributed by atoms with van der Waals surface area (Å²) in [5, 5.41) is 8.25. The van der Waals surface area contributed by atoms with Crippen LogP contribution in [-0.2, 0) is 25.9 Å². The van der Waals surface area contributed by atoms with Crippen molar-refractivity contribution in [3.63, 3.8) is 0 Å². The van der Waals surface area contributed by atoms with Crippen molar-refractivity contribution in [3.05, 3.63) is 71.0 Å². The SMILES string of the molecule is COc1cc2c(cc1OC)CN(C(=O)c1cn(CCCc3ccccc3)nn1)CC2. The molecule has 7 nitrogen and oxygen atoms in total. The molecule has 0 atom stereocenters. The highest BCUT2D eigenvalue weighted by Gasteiger charge is 2.25. The van der Waals surface area contributed by atoms with E-state index in [4.69, 9.17) is 9.47 Å². The number of fused-ring (bicyclic) bond motifs is 1. The first-order valence-electron chi connectivity index (χ1n) is 10.1. The van der Waals surface area contributed by atoms with Crippen molar-refractivity contribution < 1.29 is 14.3 Å². The maximum atomic E-state index is 12.9. The first kappa shape index (κ1) is 19.9. The van der Waals surface area contributed by atoms with E-state index >= 15 is 0 Å². The number of hydrogen-bond donors (Lipinski definition) is 0. The Balaban J connectivity index is 1.38. The van der Waals surface area contributed by atoms with Crippen LogP contribution in [-0.4, -0.2) is 46.6 Å². The van der Waals surface area contributed by atoms with Gasteiger partial charge in [0.25, 0.3) is 5.91 Å². The van der Waals surface area contributed by atoms with Crippen LogP contribution in [0, 0.1) is 0 Å². The molecule has 0 spiro atoms. The van der Waals surface area contributed by atoms with E-state index in [9.17, 15) is 4.79 Å². The number of carbonyl (C=O) groups excluding carboxylic acids is 1. The monoisotopic (exact) mass is 406 g/mol. The summed E-state index contributed by atoms with van der Waals surface area (Å²) in [6.45, 7) is 1.90. The number of carbonyl (C=O) groups is 1.